The Kier molecular flexibility index (Phi) is 3.32. The van der Waals surface area contributed by atoms with E-state index < -0.39 is 0 Å². The Morgan fingerprint density at radius 2 is 1.77 bits per heavy atom. The van der Waals surface area contributed by atoms with Gasteiger partial charge in [-0.2, -0.15) is 0 Å². The number of aryl methyl sites for hydroxylation is 2. The van der Waals surface area contributed by atoms with Gasteiger partial charge in [-0.25, -0.2) is 0 Å². The molecular formula is C12H15Br. The molecule has 0 N–H and O–H groups in total. The van der Waals surface area contributed by atoms with E-state index in [1.807, 2.05) is 6.08 Å². The minimum Gasteiger partial charge on any atom is -0.102 e. The van der Waals surface area contributed by atoms with Gasteiger partial charge in [-0.1, -0.05) is 41.1 Å². The molecule has 1 aromatic rings. The Labute approximate surface area is 88.8 Å². The summed E-state index contributed by atoms with van der Waals surface area (Å²) in [4.78, 5) is 0. The molecule has 1 rings (SSSR count). The lowest BCUT2D eigenvalue weighted by molar-refractivity contribution is 0.963. The molecule has 0 amide bonds. The molecule has 1 heteroatoms. The Morgan fingerprint density at radius 3 is 2.15 bits per heavy atom. The van der Waals surface area contributed by atoms with E-state index in [1.54, 1.807) is 0 Å². The van der Waals surface area contributed by atoms with Crippen molar-refractivity contribution in [3.63, 3.8) is 0 Å². The quantitative estimate of drug-likeness (QED) is 0.673. The van der Waals surface area contributed by atoms with Crippen LogP contribution in [0.2, 0.25) is 0 Å². The number of hydrogen-bond donors (Lipinski definition) is 0. The first kappa shape index (κ1) is 10.5. The first-order valence-electron chi connectivity index (χ1n) is 4.45. The van der Waals surface area contributed by atoms with E-state index in [0.717, 1.165) is 0 Å². The van der Waals surface area contributed by atoms with Gasteiger partial charge >= 0.3 is 0 Å². The first-order valence-corrected chi connectivity index (χ1v) is 5.24. The Hall–Kier alpha value is -0.560. The van der Waals surface area contributed by atoms with E-state index in [0.29, 0.717) is 5.92 Å². The van der Waals surface area contributed by atoms with Crippen molar-refractivity contribution < 1.29 is 0 Å². The van der Waals surface area contributed by atoms with Crippen molar-refractivity contribution in [3.8, 4) is 0 Å². The average molecular weight is 239 g/mol. The summed E-state index contributed by atoms with van der Waals surface area (Å²) in [5.74, 6) is 0.436. The second-order valence-electron chi connectivity index (χ2n) is 3.49. The normalized spacial score (nSPS) is 12.6. The van der Waals surface area contributed by atoms with Crippen LogP contribution in [0.3, 0.4) is 0 Å². The zero-order valence-electron chi connectivity index (χ0n) is 8.39. The number of benzene rings is 1. The Morgan fingerprint density at radius 1 is 1.31 bits per heavy atom. The Bertz CT molecular complexity index is 303. The molecule has 0 fully saturated rings. The molecule has 0 saturated heterocycles. The fourth-order valence-electron chi connectivity index (χ4n) is 1.38. The summed E-state index contributed by atoms with van der Waals surface area (Å²) in [6.07, 6.45) is 1.97. The molecule has 0 nitrogen and oxygen atoms in total. The van der Waals surface area contributed by atoms with Gasteiger partial charge < -0.3 is 0 Å². The summed E-state index contributed by atoms with van der Waals surface area (Å²) in [6.45, 7) is 10.2. The molecule has 13 heavy (non-hydrogen) atoms. The van der Waals surface area contributed by atoms with Crippen molar-refractivity contribution >= 4 is 15.9 Å². The topological polar surface area (TPSA) is 0 Å². The van der Waals surface area contributed by atoms with Gasteiger partial charge in [-0.3, -0.25) is 0 Å². The molecule has 1 unspecified atom stereocenters. The standard InChI is InChI=1S/C12H15Br/c1-5-8(2)11-6-9(3)12(13)10(4)7-11/h5-8H,1H2,2-4H3. The van der Waals surface area contributed by atoms with E-state index in [9.17, 15) is 0 Å². The van der Waals surface area contributed by atoms with Crippen LogP contribution in [0.15, 0.2) is 29.3 Å². The van der Waals surface area contributed by atoms with E-state index in [4.69, 9.17) is 0 Å². The third kappa shape index (κ3) is 2.22. The van der Waals surface area contributed by atoms with Crippen LogP contribution >= 0.6 is 15.9 Å². The molecule has 0 heterocycles. The fourth-order valence-corrected chi connectivity index (χ4v) is 1.61. The number of halogens is 1. The molecule has 0 aliphatic heterocycles. The summed E-state index contributed by atoms with van der Waals surface area (Å²) < 4.78 is 1.22. The van der Waals surface area contributed by atoms with Crippen molar-refractivity contribution in [1.82, 2.24) is 0 Å². The maximum absolute atomic E-state index is 3.81. The molecule has 70 valence electrons. The third-order valence-corrected chi connectivity index (χ3v) is 3.59. The SMILES string of the molecule is C=CC(C)c1cc(C)c(Br)c(C)c1. The van der Waals surface area contributed by atoms with Crippen molar-refractivity contribution in [2.24, 2.45) is 0 Å². The van der Waals surface area contributed by atoms with E-state index in [2.05, 4.69) is 55.4 Å². The molecule has 0 aliphatic carbocycles. The van der Waals surface area contributed by atoms with Gasteiger partial charge in [0.15, 0.2) is 0 Å². The molecule has 1 atom stereocenters. The number of hydrogen-bond acceptors (Lipinski definition) is 0. The van der Waals surface area contributed by atoms with E-state index in [-0.39, 0.29) is 0 Å². The molecule has 1 aromatic carbocycles. The summed E-state index contributed by atoms with van der Waals surface area (Å²) >= 11 is 3.56. The molecule has 0 spiro atoms. The van der Waals surface area contributed by atoms with Gasteiger partial charge in [-0.05, 0) is 36.5 Å². The minimum absolute atomic E-state index is 0.436. The van der Waals surface area contributed by atoms with Crippen LogP contribution in [0.1, 0.15) is 29.5 Å². The predicted octanol–water partition coefficient (Wildman–Crippen LogP) is 4.36. The maximum atomic E-state index is 3.81. The van der Waals surface area contributed by atoms with Gasteiger partial charge in [0.2, 0.25) is 0 Å². The highest BCUT2D eigenvalue weighted by Crippen LogP contribution is 2.26. The lowest BCUT2D eigenvalue weighted by Gasteiger charge is -2.11. The summed E-state index contributed by atoms with van der Waals surface area (Å²) in [7, 11) is 0. The van der Waals surface area contributed by atoms with Crippen LogP contribution in [0.5, 0.6) is 0 Å². The monoisotopic (exact) mass is 238 g/mol. The molecule has 0 bridgehead atoms. The highest BCUT2D eigenvalue weighted by atomic mass is 79.9. The number of rotatable bonds is 2. The average Bonchev–Trinajstić information content (AvgIpc) is 2.12. The van der Waals surface area contributed by atoms with Gasteiger partial charge in [0, 0.05) is 4.47 Å². The van der Waals surface area contributed by atoms with Crippen LogP contribution in [-0.4, -0.2) is 0 Å². The highest BCUT2D eigenvalue weighted by Gasteiger charge is 2.05. The smallest absolute Gasteiger partial charge is 0.0233 e. The van der Waals surface area contributed by atoms with Gasteiger partial charge in [0.25, 0.3) is 0 Å². The van der Waals surface area contributed by atoms with Crippen LogP contribution in [0, 0.1) is 13.8 Å². The third-order valence-electron chi connectivity index (χ3n) is 2.34. The lowest BCUT2D eigenvalue weighted by atomic mass is 9.97. The second kappa shape index (κ2) is 4.10. The van der Waals surface area contributed by atoms with Crippen LogP contribution in [0.25, 0.3) is 0 Å². The van der Waals surface area contributed by atoms with Gasteiger partial charge in [0.05, 0.1) is 0 Å². The van der Waals surface area contributed by atoms with Crippen molar-refractivity contribution in [2.45, 2.75) is 26.7 Å². The van der Waals surface area contributed by atoms with E-state index >= 15 is 0 Å². The summed E-state index contributed by atoms with van der Waals surface area (Å²) in [5, 5.41) is 0. The van der Waals surface area contributed by atoms with Gasteiger partial charge in [0.1, 0.15) is 0 Å². The summed E-state index contributed by atoms with van der Waals surface area (Å²) in [6, 6.07) is 4.42. The second-order valence-corrected chi connectivity index (χ2v) is 4.29. The van der Waals surface area contributed by atoms with Crippen molar-refractivity contribution in [2.75, 3.05) is 0 Å². The van der Waals surface area contributed by atoms with E-state index in [1.165, 1.54) is 21.2 Å². The van der Waals surface area contributed by atoms with Crippen LogP contribution < -0.4 is 0 Å². The van der Waals surface area contributed by atoms with Crippen molar-refractivity contribution in [1.29, 1.82) is 0 Å². The summed E-state index contributed by atoms with van der Waals surface area (Å²) in [5.41, 5.74) is 3.93. The zero-order chi connectivity index (χ0) is 10.0. The van der Waals surface area contributed by atoms with Gasteiger partial charge in [-0.15, -0.1) is 6.58 Å². The zero-order valence-corrected chi connectivity index (χ0v) is 9.98. The predicted molar refractivity (Wildman–Crippen MR) is 62.2 cm³/mol. The Balaban J connectivity index is 3.20. The fraction of sp³-hybridized carbons (Fsp3) is 0.333. The first-order chi connectivity index (χ1) is 6.06. The van der Waals surface area contributed by atoms with Crippen LogP contribution in [0.4, 0.5) is 0 Å². The molecule has 0 aliphatic rings. The van der Waals surface area contributed by atoms with Crippen molar-refractivity contribution in [3.05, 3.63) is 46.0 Å². The molecular weight excluding hydrogens is 224 g/mol. The minimum atomic E-state index is 0.436. The molecule has 0 aromatic heterocycles. The largest absolute Gasteiger partial charge is 0.102 e. The molecule has 0 radical (unpaired) electrons. The highest BCUT2D eigenvalue weighted by molar-refractivity contribution is 9.10. The molecule has 0 saturated carbocycles. The lowest BCUT2D eigenvalue weighted by Crippen LogP contribution is -1.92. The van der Waals surface area contributed by atoms with Crippen LogP contribution in [-0.2, 0) is 0 Å². The number of allylic oxidation sites excluding steroid dienone is 1. The maximum Gasteiger partial charge on any atom is 0.0233 e.